The summed E-state index contributed by atoms with van der Waals surface area (Å²) in [7, 11) is 0. The molecule has 110 valence electrons. The molecule has 1 fully saturated rings. The summed E-state index contributed by atoms with van der Waals surface area (Å²) in [5, 5.41) is 9.40. The van der Waals surface area contributed by atoms with Crippen LogP contribution in [0.25, 0.3) is 10.9 Å². The van der Waals surface area contributed by atoms with Gasteiger partial charge in [-0.2, -0.15) is 0 Å². The van der Waals surface area contributed by atoms with E-state index in [1.807, 2.05) is 18.2 Å². The second-order valence-electron chi connectivity index (χ2n) is 5.93. The number of aliphatic carboxylic acids is 1. The second kappa shape index (κ2) is 4.98. The van der Waals surface area contributed by atoms with E-state index in [1.54, 1.807) is 10.6 Å². The van der Waals surface area contributed by atoms with Crippen LogP contribution in [0.5, 0.6) is 0 Å². The largest absolute Gasteiger partial charge is 0.481 e. The van der Waals surface area contributed by atoms with Crippen LogP contribution >= 0.6 is 0 Å². The van der Waals surface area contributed by atoms with E-state index in [0.29, 0.717) is 29.6 Å². The van der Waals surface area contributed by atoms with Crippen molar-refractivity contribution in [3.8, 4) is 0 Å². The molecule has 0 unspecified atom stereocenters. The molecule has 1 saturated carbocycles. The average Bonchev–Trinajstić information content (AvgIpc) is 3.17. The first-order chi connectivity index (χ1) is 10.0. The van der Waals surface area contributed by atoms with Gasteiger partial charge < -0.3 is 5.11 Å². The summed E-state index contributed by atoms with van der Waals surface area (Å²) < 4.78 is 1.79. The Kier molecular flexibility index (Phi) is 3.27. The van der Waals surface area contributed by atoms with Crippen LogP contribution < -0.4 is 5.56 Å². The number of carboxylic acids is 1. The lowest BCUT2D eigenvalue weighted by molar-refractivity contribution is -0.137. The summed E-state index contributed by atoms with van der Waals surface area (Å²) in [6.45, 7) is 2.06. The summed E-state index contributed by atoms with van der Waals surface area (Å²) in [5.74, 6) is -0.109. The number of rotatable bonds is 5. The van der Waals surface area contributed by atoms with Crippen LogP contribution in [0.2, 0.25) is 0 Å². The fourth-order valence-electron chi connectivity index (χ4n) is 2.71. The Labute approximate surface area is 122 Å². The highest BCUT2D eigenvalue weighted by atomic mass is 16.4. The fraction of sp³-hybridized carbons (Fsp3) is 0.438. The zero-order chi connectivity index (χ0) is 15.0. The van der Waals surface area contributed by atoms with Gasteiger partial charge in [-0.3, -0.25) is 14.2 Å². The summed E-state index contributed by atoms with van der Waals surface area (Å²) in [5.41, 5.74) is 0.534. The number of hydrogen-bond donors (Lipinski definition) is 1. The average molecular weight is 286 g/mol. The van der Waals surface area contributed by atoms with Crippen LogP contribution in [-0.2, 0) is 16.8 Å². The number of carbonyl (C=O) groups is 1. The third kappa shape index (κ3) is 2.55. The lowest BCUT2D eigenvalue weighted by Gasteiger charge is -2.19. The van der Waals surface area contributed by atoms with Gasteiger partial charge >= 0.3 is 5.97 Å². The molecule has 0 atom stereocenters. The molecular formula is C16H18N2O3. The minimum absolute atomic E-state index is 0.00840. The molecule has 5 nitrogen and oxygen atoms in total. The number of aryl methyl sites for hydroxylation is 1. The van der Waals surface area contributed by atoms with Crippen molar-refractivity contribution < 1.29 is 9.90 Å². The van der Waals surface area contributed by atoms with Gasteiger partial charge in [0.1, 0.15) is 5.82 Å². The molecule has 1 aromatic carbocycles. The van der Waals surface area contributed by atoms with E-state index in [-0.39, 0.29) is 17.5 Å². The van der Waals surface area contributed by atoms with E-state index in [2.05, 4.69) is 11.9 Å². The third-order valence-corrected chi connectivity index (χ3v) is 4.15. The zero-order valence-corrected chi connectivity index (χ0v) is 12.0. The van der Waals surface area contributed by atoms with Gasteiger partial charge in [-0.25, -0.2) is 4.98 Å². The number of aromatic nitrogens is 2. The van der Waals surface area contributed by atoms with E-state index in [4.69, 9.17) is 5.11 Å². The van der Waals surface area contributed by atoms with Crippen LogP contribution in [-0.4, -0.2) is 20.6 Å². The topological polar surface area (TPSA) is 72.2 Å². The Morgan fingerprint density at radius 2 is 2.10 bits per heavy atom. The van der Waals surface area contributed by atoms with E-state index in [1.165, 1.54) is 0 Å². The van der Waals surface area contributed by atoms with Gasteiger partial charge in [0.05, 0.1) is 10.9 Å². The Hall–Kier alpha value is -2.17. The van der Waals surface area contributed by atoms with Crippen molar-refractivity contribution in [3.63, 3.8) is 0 Å². The lowest BCUT2D eigenvalue weighted by atomic mass is 10.1. The number of benzene rings is 1. The Balaban J connectivity index is 2.08. The Morgan fingerprint density at radius 1 is 1.38 bits per heavy atom. The molecule has 1 aliphatic carbocycles. The molecule has 21 heavy (non-hydrogen) atoms. The lowest BCUT2D eigenvalue weighted by Crippen LogP contribution is -2.32. The maximum absolute atomic E-state index is 12.7. The predicted molar refractivity (Wildman–Crippen MR) is 79.5 cm³/mol. The first-order valence-corrected chi connectivity index (χ1v) is 7.24. The molecule has 2 aromatic rings. The number of nitrogens with zero attached hydrogens (tertiary/aromatic N) is 2. The van der Waals surface area contributed by atoms with Crippen molar-refractivity contribution in [3.05, 3.63) is 40.4 Å². The molecule has 1 aromatic heterocycles. The van der Waals surface area contributed by atoms with Crippen LogP contribution in [0, 0.1) is 0 Å². The maximum atomic E-state index is 12.7. The van der Waals surface area contributed by atoms with Crippen molar-refractivity contribution in [2.24, 2.45) is 0 Å². The summed E-state index contributed by atoms with van der Waals surface area (Å²) in [6.07, 6.45) is 3.05. The smallest absolute Gasteiger partial charge is 0.303 e. The molecule has 1 N–H and O–H groups in total. The molecule has 0 amide bonds. The van der Waals surface area contributed by atoms with Crippen LogP contribution in [0.4, 0.5) is 0 Å². The number of para-hydroxylation sites is 1. The van der Waals surface area contributed by atoms with Crippen molar-refractivity contribution in [1.82, 2.24) is 9.55 Å². The van der Waals surface area contributed by atoms with Crippen LogP contribution in [0.3, 0.4) is 0 Å². The van der Waals surface area contributed by atoms with Gasteiger partial charge in [-0.1, -0.05) is 12.1 Å². The summed E-state index contributed by atoms with van der Waals surface area (Å²) in [6, 6.07) is 7.33. The van der Waals surface area contributed by atoms with Crippen molar-refractivity contribution in [1.29, 1.82) is 0 Å². The van der Waals surface area contributed by atoms with Crippen molar-refractivity contribution in [2.75, 3.05) is 0 Å². The quantitative estimate of drug-likeness (QED) is 0.915. The molecule has 3 rings (SSSR count). The highest BCUT2D eigenvalue weighted by Gasteiger charge is 2.42. The van der Waals surface area contributed by atoms with E-state index >= 15 is 0 Å². The minimum atomic E-state index is -0.817. The van der Waals surface area contributed by atoms with Gasteiger partial charge in [0.2, 0.25) is 0 Å². The number of carboxylic acid groups (broad SMARTS) is 1. The number of fused-ring (bicyclic) bond motifs is 1. The first kappa shape index (κ1) is 13.8. The Bertz CT molecular complexity index is 760. The molecule has 0 spiro atoms. The standard InChI is InChI=1S/C16H18N2O3/c1-16(9-10-16)18-13(7-4-8-14(19)20)17-12-6-3-2-5-11(12)15(18)21/h2-3,5-6H,4,7-10H2,1H3,(H,19,20). The van der Waals surface area contributed by atoms with Crippen molar-refractivity contribution >= 4 is 16.9 Å². The molecule has 0 radical (unpaired) electrons. The molecule has 0 bridgehead atoms. The summed E-state index contributed by atoms with van der Waals surface area (Å²) in [4.78, 5) is 28.0. The molecule has 1 heterocycles. The molecule has 1 aliphatic rings. The SMILES string of the molecule is CC1(n2c(CCCC(=O)O)nc3ccccc3c2=O)CC1. The monoisotopic (exact) mass is 286 g/mol. The highest BCUT2D eigenvalue weighted by molar-refractivity contribution is 5.77. The van der Waals surface area contributed by atoms with Gasteiger partial charge in [-0.15, -0.1) is 0 Å². The molecule has 0 aliphatic heterocycles. The Morgan fingerprint density at radius 3 is 2.76 bits per heavy atom. The molecule has 0 saturated heterocycles. The fourth-order valence-corrected chi connectivity index (χ4v) is 2.71. The van der Waals surface area contributed by atoms with Gasteiger partial charge in [0.15, 0.2) is 0 Å². The normalized spacial score (nSPS) is 16.0. The maximum Gasteiger partial charge on any atom is 0.303 e. The van der Waals surface area contributed by atoms with E-state index in [9.17, 15) is 9.59 Å². The second-order valence-corrected chi connectivity index (χ2v) is 5.93. The van der Waals surface area contributed by atoms with Crippen LogP contribution in [0.15, 0.2) is 29.1 Å². The van der Waals surface area contributed by atoms with Gasteiger partial charge in [0, 0.05) is 18.4 Å². The van der Waals surface area contributed by atoms with Crippen LogP contribution in [0.1, 0.15) is 38.4 Å². The predicted octanol–water partition coefficient (Wildman–Crippen LogP) is 2.31. The number of hydrogen-bond acceptors (Lipinski definition) is 3. The van der Waals surface area contributed by atoms with E-state index in [0.717, 1.165) is 12.8 Å². The minimum Gasteiger partial charge on any atom is -0.481 e. The summed E-state index contributed by atoms with van der Waals surface area (Å²) >= 11 is 0. The molecular weight excluding hydrogens is 268 g/mol. The van der Waals surface area contributed by atoms with Gasteiger partial charge in [-0.05, 0) is 38.3 Å². The first-order valence-electron chi connectivity index (χ1n) is 7.24. The highest BCUT2D eigenvalue weighted by Crippen LogP contribution is 2.42. The zero-order valence-electron chi connectivity index (χ0n) is 12.0. The van der Waals surface area contributed by atoms with Crippen molar-refractivity contribution in [2.45, 2.75) is 44.6 Å². The van der Waals surface area contributed by atoms with Gasteiger partial charge in [0.25, 0.3) is 5.56 Å². The van der Waals surface area contributed by atoms with E-state index < -0.39 is 5.97 Å². The third-order valence-electron chi connectivity index (χ3n) is 4.15. The molecule has 5 heteroatoms.